The van der Waals surface area contributed by atoms with Crippen LogP contribution in [0.1, 0.15) is 26.3 Å². The van der Waals surface area contributed by atoms with E-state index in [9.17, 15) is 18.0 Å². The number of piperazine rings is 1. The molecule has 2 heterocycles. The van der Waals surface area contributed by atoms with Crippen LogP contribution in [0.2, 0.25) is 0 Å². The van der Waals surface area contributed by atoms with E-state index in [0.29, 0.717) is 32.7 Å². The van der Waals surface area contributed by atoms with Crippen LogP contribution in [0.3, 0.4) is 0 Å². The fourth-order valence-electron chi connectivity index (χ4n) is 4.98. The highest BCUT2D eigenvalue weighted by Gasteiger charge is 2.38. The van der Waals surface area contributed by atoms with Crippen LogP contribution in [0.25, 0.3) is 0 Å². The Morgan fingerprint density at radius 2 is 1.42 bits per heavy atom. The van der Waals surface area contributed by atoms with Gasteiger partial charge in [0.25, 0.3) is 10.0 Å². The first kappa shape index (κ1) is 24.2. The van der Waals surface area contributed by atoms with Gasteiger partial charge in [0.05, 0.1) is 4.90 Å². The highest BCUT2D eigenvalue weighted by atomic mass is 32.2. The number of hydrogen-bond donors (Lipinski definition) is 1. The molecule has 6 rings (SSSR count). The van der Waals surface area contributed by atoms with Gasteiger partial charge in [-0.2, -0.15) is 0 Å². The Hall–Kier alpha value is -4.15. The normalized spacial score (nSPS) is 17.5. The van der Waals surface area contributed by atoms with E-state index < -0.39 is 15.8 Å². The van der Waals surface area contributed by atoms with Crippen molar-refractivity contribution in [3.05, 3.63) is 101 Å². The number of carbonyl (C=O) groups is 2. The van der Waals surface area contributed by atoms with E-state index in [0.717, 1.165) is 17.1 Å². The van der Waals surface area contributed by atoms with Crippen molar-refractivity contribution in [1.82, 2.24) is 14.5 Å². The largest absolute Gasteiger partial charge is 0.454 e. The van der Waals surface area contributed by atoms with Crippen molar-refractivity contribution in [3.8, 4) is 11.5 Å². The lowest BCUT2D eigenvalue weighted by Crippen LogP contribution is -2.49. The van der Waals surface area contributed by atoms with Crippen LogP contribution in [0.15, 0.2) is 89.1 Å². The van der Waals surface area contributed by atoms with Gasteiger partial charge in [-0.25, -0.2) is 8.42 Å². The smallest absolute Gasteiger partial charge is 0.262 e. The number of Topliss-reactive ketones (excluding diaryl/α,β-unsaturated/α-hetero) is 2. The molecule has 0 aromatic heterocycles. The van der Waals surface area contributed by atoms with Crippen molar-refractivity contribution in [2.75, 3.05) is 33.0 Å². The van der Waals surface area contributed by atoms with Crippen LogP contribution >= 0.6 is 0 Å². The molecule has 9 nitrogen and oxygen atoms in total. The minimum atomic E-state index is -4.09. The molecule has 0 unspecified atom stereocenters. The molecular formula is C28H25N3O6S. The molecule has 0 atom stereocenters. The molecule has 1 N–H and O–H groups in total. The zero-order chi connectivity index (χ0) is 26.3. The number of rotatable bonds is 6. The summed E-state index contributed by atoms with van der Waals surface area (Å²) in [5.74, 6) is 0.580. The number of nitrogens with one attached hydrogen (secondary N) is 1. The Morgan fingerprint density at radius 3 is 2.16 bits per heavy atom. The van der Waals surface area contributed by atoms with Gasteiger partial charge in [0.15, 0.2) is 11.5 Å². The summed E-state index contributed by atoms with van der Waals surface area (Å²) in [6.07, 6.45) is 0. The fourth-order valence-corrected chi connectivity index (χ4v) is 6.07. The van der Waals surface area contributed by atoms with Gasteiger partial charge in [0.1, 0.15) is 11.4 Å². The standard InChI is InChI=1S/C28H25N3O6S/c32-27-21-8-4-5-9-22(21)28(33)26(25(27)29-38(34,35)20-6-2-1-3-7-20)31-14-12-30(13-15-31)17-19-10-11-23-24(16-19)37-18-36-23/h1-11,16,29H,12-15,17-18H2. The SMILES string of the molecule is O=C1C(NS(=O)(=O)c2ccccc2)=C(N2CCN(Cc3ccc4c(c3)OCO4)CC2)C(=O)c2ccccc21. The number of hydrogen-bond acceptors (Lipinski definition) is 8. The Kier molecular flexibility index (Phi) is 6.13. The molecule has 0 amide bonds. The first-order valence-electron chi connectivity index (χ1n) is 12.3. The Morgan fingerprint density at radius 1 is 0.763 bits per heavy atom. The molecule has 1 saturated heterocycles. The van der Waals surface area contributed by atoms with Crippen molar-refractivity contribution in [1.29, 1.82) is 0 Å². The molecule has 194 valence electrons. The lowest BCUT2D eigenvalue weighted by Gasteiger charge is -2.38. The lowest BCUT2D eigenvalue weighted by molar-refractivity contribution is 0.0897. The van der Waals surface area contributed by atoms with Gasteiger partial charge >= 0.3 is 0 Å². The van der Waals surface area contributed by atoms with E-state index in [1.165, 1.54) is 12.1 Å². The second-order valence-corrected chi connectivity index (χ2v) is 11.0. The summed E-state index contributed by atoms with van der Waals surface area (Å²) in [5.41, 5.74) is 1.43. The van der Waals surface area contributed by atoms with E-state index in [-0.39, 0.29) is 40.0 Å². The predicted molar refractivity (Wildman–Crippen MR) is 138 cm³/mol. The average Bonchev–Trinajstić information content (AvgIpc) is 3.41. The quantitative estimate of drug-likeness (QED) is 0.518. The third kappa shape index (κ3) is 4.42. The van der Waals surface area contributed by atoms with E-state index >= 15 is 0 Å². The molecule has 1 aliphatic carbocycles. The van der Waals surface area contributed by atoms with Crippen LogP contribution < -0.4 is 14.2 Å². The van der Waals surface area contributed by atoms with E-state index in [1.54, 1.807) is 42.5 Å². The number of nitrogens with zero attached hydrogens (tertiary/aromatic N) is 2. The van der Waals surface area contributed by atoms with E-state index in [1.807, 2.05) is 23.1 Å². The molecule has 0 saturated carbocycles. The minimum absolute atomic E-state index is 0.0134. The summed E-state index contributed by atoms with van der Waals surface area (Å²) in [5, 5.41) is 0. The first-order valence-corrected chi connectivity index (χ1v) is 13.8. The van der Waals surface area contributed by atoms with Crippen molar-refractivity contribution in [2.45, 2.75) is 11.4 Å². The molecule has 0 radical (unpaired) electrons. The average molecular weight is 532 g/mol. The monoisotopic (exact) mass is 531 g/mol. The topological polar surface area (TPSA) is 105 Å². The molecular weight excluding hydrogens is 506 g/mol. The van der Waals surface area contributed by atoms with Crippen LogP contribution in [0, 0.1) is 0 Å². The Labute approximate surface area is 220 Å². The van der Waals surface area contributed by atoms with E-state index in [4.69, 9.17) is 9.47 Å². The lowest BCUT2D eigenvalue weighted by atomic mass is 9.89. The molecule has 2 aliphatic heterocycles. The zero-order valence-corrected chi connectivity index (χ0v) is 21.2. The maximum Gasteiger partial charge on any atom is 0.262 e. The summed E-state index contributed by atoms with van der Waals surface area (Å²) in [4.78, 5) is 31.2. The van der Waals surface area contributed by atoms with Crippen molar-refractivity contribution >= 4 is 21.6 Å². The maximum absolute atomic E-state index is 13.6. The molecule has 3 aromatic rings. The number of allylic oxidation sites excluding steroid dienone is 2. The third-order valence-corrected chi connectivity index (χ3v) is 8.28. The third-order valence-electron chi connectivity index (χ3n) is 6.92. The highest BCUT2D eigenvalue weighted by molar-refractivity contribution is 7.89. The summed E-state index contributed by atoms with van der Waals surface area (Å²) in [6, 6.07) is 20.2. The summed E-state index contributed by atoms with van der Waals surface area (Å²) in [7, 11) is -4.09. The number of sulfonamides is 1. The van der Waals surface area contributed by atoms with Gasteiger partial charge in [-0.3, -0.25) is 19.2 Å². The van der Waals surface area contributed by atoms with Crippen molar-refractivity contribution in [3.63, 3.8) is 0 Å². The van der Waals surface area contributed by atoms with Crippen LogP contribution in [-0.2, 0) is 16.6 Å². The number of ether oxygens (including phenoxy) is 2. The molecule has 3 aromatic carbocycles. The Balaban J connectivity index is 1.27. The second-order valence-electron chi connectivity index (χ2n) is 9.30. The molecule has 1 fully saturated rings. The van der Waals surface area contributed by atoms with E-state index in [2.05, 4.69) is 9.62 Å². The molecule has 10 heteroatoms. The van der Waals surface area contributed by atoms with Crippen LogP contribution in [0.5, 0.6) is 11.5 Å². The first-order chi connectivity index (χ1) is 18.4. The number of ketones is 2. The highest BCUT2D eigenvalue weighted by Crippen LogP contribution is 2.33. The fraction of sp³-hybridized carbons (Fsp3) is 0.214. The van der Waals surface area contributed by atoms with Gasteiger partial charge in [-0.05, 0) is 29.8 Å². The molecule has 0 bridgehead atoms. The van der Waals surface area contributed by atoms with Crippen molar-refractivity contribution < 1.29 is 27.5 Å². The van der Waals surface area contributed by atoms with Gasteiger partial charge in [-0.15, -0.1) is 0 Å². The number of fused-ring (bicyclic) bond motifs is 2. The number of benzene rings is 3. The summed E-state index contributed by atoms with van der Waals surface area (Å²) < 4.78 is 39.7. The molecule has 38 heavy (non-hydrogen) atoms. The number of carbonyl (C=O) groups excluding carboxylic acids is 2. The van der Waals surface area contributed by atoms with Crippen LogP contribution in [-0.4, -0.2) is 62.8 Å². The second kappa shape index (κ2) is 9.62. The van der Waals surface area contributed by atoms with Gasteiger partial charge in [-0.1, -0.05) is 48.5 Å². The van der Waals surface area contributed by atoms with Crippen LogP contribution in [0.4, 0.5) is 0 Å². The molecule has 0 spiro atoms. The zero-order valence-electron chi connectivity index (χ0n) is 20.4. The molecule has 3 aliphatic rings. The van der Waals surface area contributed by atoms with Gasteiger partial charge in [0.2, 0.25) is 18.4 Å². The summed E-state index contributed by atoms with van der Waals surface area (Å²) >= 11 is 0. The Bertz CT molecular complexity index is 1560. The predicted octanol–water partition coefficient (Wildman–Crippen LogP) is 2.80. The van der Waals surface area contributed by atoms with Gasteiger partial charge < -0.3 is 14.4 Å². The summed E-state index contributed by atoms with van der Waals surface area (Å²) in [6.45, 7) is 3.07. The minimum Gasteiger partial charge on any atom is -0.454 e. The maximum atomic E-state index is 13.6. The van der Waals surface area contributed by atoms with Crippen molar-refractivity contribution in [2.24, 2.45) is 0 Å². The van der Waals surface area contributed by atoms with Gasteiger partial charge in [0, 0.05) is 43.9 Å².